The lowest BCUT2D eigenvalue weighted by atomic mass is 9.98. The highest BCUT2D eigenvalue weighted by Gasteiger charge is 2.28. The van der Waals surface area contributed by atoms with Gasteiger partial charge in [-0.05, 0) is 44.4 Å². The third-order valence-electron chi connectivity index (χ3n) is 4.22. The van der Waals surface area contributed by atoms with E-state index in [9.17, 15) is 4.79 Å². The van der Waals surface area contributed by atoms with Crippen LogP contribution in [-0.2, 0) is 16.1 Å². The highest BCUT2D eigenvalue weighted by Crippen LogP contribution is 2.19. The van der Waals surface area contributed by atoms with Gasteiger partial charge in [0.25, 0.3) is 0 Å². The quantitative estimate of drug-likeness (QED) is 0.297. The summed E-state index contributed by atoms with van der Waals surface area (Å²) in [7, 11) is 1.66. The normalized spacial score (nSPS) is 17.3. The van der Waals surface area contributed by atoms with Gasteiger partial charge in [-0.2, -0.15) is 0 Å². The monoisotopic (exact) mass is 475 g/mol. The Balaban J connectivity index is 0.00000338. The van der Waals surface area contributed by atoms with Crippen LogP contribution in [0.4, 0.5) is 0 Å². The molecule has 0 amide bonds. The number of esters is 1. The molecule has 7 heteroatoms. The molecule has 0 spiro atoms. The fourth-order valence-electron chi connectivity index (χ4n) is 2.98. The van der Waals surface area contributed by atoms with E-state index in [0.29, 0.717) is 19.7 Å². The minimum absolute atomic E-state index is 0. The second-order valence-electron chi connectivity index (χ2n) is 6.06. The number of carbonyl (C=O) groups is 1. The smallest absolute Gasteiger partial charge is 0.310 e. The summed E-state index contributed by atoms with van der Waals surface area (Å²) < 4.78 is 10.4. The number of aliphatic imine (C=N–C) groups is 1. The lowest BCUT2D eigenvalue weighted by Gasteiger charge is -2.34. The summed E-state index contributed by atoms with van der Waals surface area (Å²) in [5.74, 6) is 1.50. The number of rotatable bonds is 6. The third-order valence-corrected chi connectivity index (χ3v) is 4.22. The van der Waals surface area contributed by atoms with Crippen LogP contribution in [0.15, 0.2) is 29.3 Å². The minimum atomic E-state index is -0.101. The van der Waals surface area contributed by atoms with E-state index in [1.807, 2.05) is 38.1 Å². The van der Waals surface area contributed by atoms with Gasteiger partial charge >= 0.3 is 5.97 Å². The van der Waals surface area contributed by atoms with Crippen molar-refractivity contribution in [3.05, 3.63) is 29.8 Å². The van der Waals surface area contributed by atoms with Gasteiger partial charge in [-0.3, -0.25) is 4.79 Å². The van der Waals surface area contributed by atoms with Crippen molar-refractivity contribution in [1.82, 2.24) is 10.2 Å². The van der Waals surface area contributed by atoms with Crippen molar-refractivity contribution in [1.29, 1.82) is 0 Å². The zero-order valence-corrected chi connectivity index (χ0v) is 18.2. The maximum atomic E-state index is 12.1. The van der Waals surface area contributed by atoms with Crippen LogP contribution in [-0.4, -0.2) is 50.2 Å². The maximum absolute atomic E-state index is 12.1. The number of nitrogens with one attached hydrogen (secondary N) is 1. The lowest BCUT2D eigenvalue weighted by molar-refractivity contribution is -0.149. The summed E-state index contributed by atoms with van der Waals surface area (Å²) in [6, 6.07) is 7.92. The van der Waals surface area contributed by atoms with E-state index in [4.69, 9.17) is 14.5 Å². The minimum Gasteiger partial charge on any atom is -0.497 e. The molecule has 0 saturated carbocycles. The summed E-state index contributed by atoms with van der Waals surface area (Å²) >= 11 is 0. The average molecular weight is 475 g/mol. The summed E-state index contributed by atoms with van der Waals surface area (Å²) in [5, 5.41) is 3.34. The second kappa shape index (κ2) is 12.0. The first-order valence-electron chi connectivity index (χ1n) is 9.00. The summed E-state index contributed by atoms with van der Waals surface area (Å²) in [4.78, 5) is 19.0. The Kier molecular flexibility index (Phi) is 10.4. The highest BCUT2D eigenvalue weighted by atomic mass is 127. The van der Waals surface area contributed by atoms with E-state index < -0.39 is 0 Å². The zero-order chi connectivity index (χ0) is 18.1. The van der Waals surface area contributed by atoms with Crippen LogP contribution in [0.5, 0.6) is 5.75 Å². The molecule has 26 heavy (non-hydrogen) atoms. The molecule has 1 aromatic rings. The van der Waals surface area contributed by atoms with Crippen LogP contribution in [0.1, 0.15) is 32.3 Å². The predicted molar refractivity (Wildman–Crippen MR) is 114 cm³/mol. The topological polar surface area (TPSA) is 63.2 Å². The molecule has 6 nitrogen and oxygen atoms in total. The lowest BCUT2D eigenvalue weighted by Crippen LogP contribution is -2.48. The molecule has 0 aromatic heterocycles. The summed E-state index contributed by atoms with van der Waals surface area (Å²) in [6.45, 7) is 7.24. The molecule has 0 bridgehead atoms. The predicted octanol–water partition coefficient (Wildman–Crippen LogP) is 3.05. The third kappa shape index (κ3) is 6.66. The zero-order valence-electron chi connectivity index (χ0n) is 15.9. The molecule has 1 saturated heterocycles. The first-order chi connectivity index (χ1) is 12.2. The Morgan fingerprint density at radius 3 is 2.88 bits per heavy atom. The van der Waals surface area contributed by atoms with E-state index in [1.54, 1.807) is 7.11 Å². The molecule has 1 fully saturated rings. The number of methoxy groups -OCH3 is 1. The van der Waals surface area contributed by atoms with E-state index >= 15 is 0 Å². The molecule has 1 aliphatic rings. The molecule has 2 rings (SSSR count). The van der Waals surface area contributed by atoms with E-state index in [0.717, 1.165) is 43.2 Å². The van der Waals surface area contributed by atoms with E-state index in [1.165, 1.54) is 0 Å². The molecule has 146 valence electrons. The number of likely N-dealkylation sites (tertiary alicyclic amines) is 1. The van der Waals surface area contributed by atoms with Crippen molar-refractivity contribution in [2.45, 2.75) is 33.2 Å². The van der Waals surface area contributed by atoms with Gasteiger partial charge in [-0.15, -0.1) is 24.0 Å². The van der Waals surface area contributed by atoms with Crippen LogP contribution in [0, 0.1) is 5.92 Å². The fourth-order valence-corrected chi connectivity index (χ4v) is 2.98. The van der Waals surface area contributed by atoms with Crippen molar-refractivity contribution in [3.8, 4) is 5.75 Å². The second-order valence-corrected chi connectivity index (χ2v) is 6.06. The van der Waals surface area contributed by atoms with E-state index in [-0.39, 0.29) is 35.9 Å². The van der Waals surface area contributed by atoms with Gasteiger partial charge in [-0.25, -0.2) is 4.99 Å². The Hall–Kier alpha value is -1.51. The van der Waals surface area contributed by atoms with Gasteiger partial charge in [0.2, 0.25) is 0 Å². The molecular formula is C19H30IN3O3. The summed E-state index contributed by atoms with van der Waals surface area (Å²) in [5.41, 5.74) is 1.09. The Morgan fingerprint density at radius 1 is 1.38 bits per heavy atom. The van der Waals surface area contributed by atoms with Gasteiger partial charge in [0.15, 0.2) is 5.96 Å². The van der Waals surface area contributed by atoms with Gasteiger partial charge in [0.05, 0.1) is 26.2 Å². The maximum Gasteiger partial charge on any atom is 0.310 e. The number of nitrogens with zero attached hydrogens (tertiary/aromatic N) is 2. The molecule has 1 aromatic carbocycles. The van der Waals surface area contributed by atoms with Gasteiger partial charge in [0, 0.05) is 19.6 Å². The van der Waals surface area contributed by atoms with Crippen LogP contribution in [0.25, 0.3) is 0 Å². The Bertz CT molecular complexity index is 595. The number of piperidine rings is 1. The van der Waals surface area contributed by atoms with Crippen molar-refractivity contribution in [3.63, 3.8) is 0 Å². The van der Waals surface area contributed by atoms with Gasteiger partial charge in [-0.1, -0.05) is 12.1 Å². The number of ether oxygens (including phenoxy) is 2. The van der Waals surface area contributed by atoms with Crippen molar-refractivity contribution in [2.75, 3.05) is 33.4 Å². The van der Waals surface area contributed by atoms with Crippen LogP contribution in [0.3, 0.4) is 0 Å². The largest absolute Gasteiger partial charge is 0.497 e. The molecule has 1 aliphatic heterocycles. The molecule has 0 aliphatic carbocycles. The van der Waals surface area contributed by atoms with Crippen molar-refractivity contribution < 1.29 is 14.3 Å². The number of hydrogen-bond acceptors (Lipinski definition) is 4. The standard InChI is InChI=1S/C19H29N3O3.HI/c1-4-20-19(21-13-15-8-6-10-17(12-15)24-3)22-11-7-9-16(14-22)18(23)25-5-2;/h6,8,10,12,16H,4-5,7,9,11,13-14H2,1-3H3,(H,20,21);1H. The Morgan fingerprint density at radius 2 is 2.19 bits per heavy atom. The first kappa shape index (κ1) is 22.5. The number of guanidine groups is 1. The molecule has 0 radical (unpaired) electrons. The van der Waals surface area contributed by atoms with Crippen LogP contribution < -0.4 is 10.1 Å². The average Bonchev–Trinajstić information content (AvgIpc) is 2.65. The number of hydrogen-bond donors (Lipinski definition) is 1. The van der Waals surface area contributed by atoms with Crippen molar-refractivity contribution in [2.24, 2.45) is 10.9 Å². The van der Waals surface area contributed by atoms with Crippen molar-refractivity contribution >= 4 is 35.9 Å². The first-order valence-corrected chi connectivity index (χ1v) is 9.00. The number of benzene rings is 1. The molecule has 1 N–H and O–H groups in total. The molecule has 1 atom stereocenters. The molecule has 1 heterocycles. The number of halogens is 1. The summed E-state index contributed by atoms with van der Waals surface area (Å²) in [6.07, 6.45) is 1.84. The SMILES string of the molecule is CCNC(=NCc1cccc(OC)c1)N1CCCC(C(=O)OCC)C1.I. The fraction of sp³-hybridized carbons (Fsp3) is 0.579. The van der Waals surface area contributed by atoms with Gasteiger partial charge in [0.1, 0.15) is 5.75 Å². The Labute approximate surface area is 173 Å². The van der Waals surface area contributed by atoms with Crippen LogP contribution >= 0.6 is 24.0 Å². The number of carbonyl (C=O) groups excluding carboxylic acids is 1. The molecule has 1 unspecified atom stereocenters. The molecular weight excluding hydrogens is 445 g/mol. The van der Waals surface area contributed by atoms with Gasteiger partial charge < -0.3 is 19.7 Å². The van der Waals surface area contributed by atoms with E-state index in [2.05, 4.69) is 10.2 Å². The highest BCUT2D eigenvalue weighted by molar-refractivity contribution is 14.0. The van der Waals surface area contributed by atoms with Crippen LogP contribution in [0.2, 0.25) is 0 Å².